The van der Waals surface area contributed by atoms with Gasteiger partial charge in [0.1, 0.15) is 11.5 Å². The SMILES string of the molecule is C=C(C)C(=O)c1cc(O)cc(C(=O)C2CCCC(=O)C2)c1. The number of Topliss-reactive ketones (excluding diaryl/α,β-unsaturated/α-hetero) is 3. The van der Waals surface area contributed by atoms with Crippen LogP contribution in [0.15, 0.2) is 30.4 Å². The molecule has 0 aromatic heterocycles. The number of hydrogen-bond donors (Lipinski definition) is 1. The maximum atomic E-state index is 12.4. The van der Waals surface area contributed by atoms with Crippen LogP contribution >= 0.6 is 0 Å². The van der Waals surface area contributed by atoms with E-state index in [-0.39, 0.29) is 46.6 Å². The van der Waals surface area contributed by atoms with E-state index in [9.17, 15) is 19.5 Å². The Morgan fingerprint density at radius 1 is 1.24 bits per heavy atom. The summed E-state index contributed by atoms with van der Waals surface area (Å²) in [5.74, 6) is -0.874. The van der Waals surface area contributed by atoms with Crippen LogP contribution in [0.1, 0.15) is 53.3 Å². The fourth-order valence-corrected chi connectivity index (χ4v) is 2.61. The molecular weight excluding hydrogens is 268 g/mol. The predicted molar refractivity (Wildman–Crippen MR) is 78.5 cm³/mol. The van der Waals surface area contributed by atoms with Gasteiger partial charge in [0.25, 0.3) is 0 Å². The standard InChI is InChI=1S/C17H18O4/c1-10(2)16(20)12-6-13(9-15(19)8-12)17(21)11-4-3-5-14(18)7-11/h6,8-9,11,19H,1,3-5,7H2,2H3. The second-order valence-corrected chi connectivity index (χ2v) is 5.57. The molecule has 1 unspecified atom stereocenters. The fraction of sp³-hybridized carbons (Fsp3) is 0.353. The highest BCUT2D eigenvalue weighted by molar-refractivity contribution is 6.10. The van der Waals surface area contributed by atoms with Gasteiger partial charge in [-0.05, 0) is 43.5 Å². The summed E-state index contributed by atoms with van der Waals surface area (Å²) in [6.45, 7) is 5.15. The average molecular weight is 286 g/mol. The van der Waals surface area contributed by atoms with Gasteiger partial charge in [0.05, 0.1) is 0 Å². The summed E-state index contributed by atoms with van der Waals surface area (Å²) in [6.07, 6.45) is 2.16. The zero-order chi connectivity index (χ0) is 15.6. The molecule has 1 aromatic carbocycles. The van der Waals surface area contributed by atoms with Crippen LogP contribution in [0.2, 0.25) is 0 Å². The van der Waals surface area contributed by atoms with Crippen LogP contribution in [0.4, 0.5) is 0 Å². The maximum Gasteiger partial charge on any atom is 0.188 e. The second-order valence-electron chi connectivity index (χ2n) is 5.57. The van der Waals surface area contributed by atoms with Crippen LogP contribution in [0.5, 0.6) is 5.75 Å². The number of rotatable bonds is 4. The summed E-state index contributed by atoms with van der Waals surface area (Å²) in [5, 5.41) is 9.72. The minimum absolute atomic E-state index is 0.0954. The summed E-state index contributed by atoms with van der Waals surface area (Å²) < 4.78 is 0. The molecule has 2 rings (SSSR count). The highest BCUT2D eigenvalue weighted by Crippen LogP contribution is 2.27. The number of allylic oxidation sites excluding steroid dienone is 1. The third-order valence-corrected chi connectivity index (χ3v) is 3.71. The first-order valence-corrected chi connectivity index (χ1v) is 6.98. The van der Waals surface area contributed by atoms with E-state index in [1.54, 1.807) is 6.92 Å². The number of carbonyl (C=O) groups excluding carboxylic acids is 3. The van der Waals surface area contributed by atoms with Gasteiger partial charge in [0, 0.05) is 29.9 Å². The largest absolute Gasteiger partial charge is 0.508 e. The second kappa shape index (κ2) is 6.04. The van der Waals surface area contributed by atoms with Gasteiger partial charge in [0.2, 0.25) is 0 Å². The van der Waals surface area contributed by atoms with Crippen molar-refractivity contribution >= 4 is 17.3 Å². The van der Waals surface area contributed by atoms with E-state index in [0.29, 0.717) is 24.8 Å². The zero-order valence-corrected chi connectivity index (χ0v) is 12.0. The van der Waals surface area contributed by atoms with E-state index < -0.39 is 0 Å². The molecule has 110 valence electrons. The van der Waals surface area contributed by atoms with E-state index in [1.165, 1.54) is 18.2 Å². The smallest absolute Gasteiger partial charge is 0.188 e. The zero-order valence-electron chi connectivity index (χ0n) is 12.0. The van der Waals surface area contributed by atoms with Gasteiger partial charge in [-0.3, -0.25) is 14.4 Å². The summed E-state index contributed by atoms with van der Waals surface area (Å²) in [5.41, 5.74) is 0.860. The topological polar surface area (TPSA) is 71.4 Å². The Labute approximate surface area is 123 Å². The van der Waals surface area contributed by atoms with Crippen molar-refractivity contribution < 1.29 is 19.5 Å². The Hall–Kier alpha value is -2.23. The van der Waals surface area contributed by atoms with Gasteiger partial charge in [0.15, 0.2) is 11.6 Å². The van der Waals surface area contributed by atoms with Crippen molar-refractivity contribution in [2.75, 3.05) is 0 Å². The first-order valence-electron chi connectivity index (χ1n) is 6.98. The highest BCUT2D eigenvalue weighted by atomic mass is 16.3. The van der Waals surface area contributed by atoms with Crippen LogP contribution in [-0.4, -0.2) is 22.5 Å². The molecule has 0 spiro atoms. The molecule has 1 aromatic rings. The molecule has 0 bridgehead atoms. The molecule has 1 aliphatic rings. The van der Waals surface area contributed by atoms with Gasteiger partial charge in [-0.25, -0.2) is 0 Å². The monoisotopic (exact) mass is 286 g/mol. The average Bonchev–Trinajstić information content (AvgIpc) is 2.44. The normalized spacial score (nSPS) is 18.3. The number of phenols is 1. The predicted octanol–water partition coefficient (Wildman–Crippen LogP) is 3.09. The van der Waals surface area contributed by atoms with Crippen LogP contribution in [-0.2, 0) is 4.79 Å². The first kappa shape index (κ1) is 15.2. The Morgan fingerprint density at radius 2 is 1.90 bits per heavy atom. The van der Waals surface area contributed by atoms with Crippen LogP contribution in [0, 0.1) is 5.92 Å². The Kier molecular flexibility index (Phi) is 4.36. The lowest BCUT2D eigenvalue weighted by Gasteiger charge is -2.19. The van der Waals surface area contributed by atoms with Gasteiger partial charge >= 0.3 is 0 Å². The molecule has 0 aliphatic heterocycles. The lowest BCUT2D eigenvalue weighted by molar-refractivity contribution is -0.121. The van der Waals surface area contributed by atoms with E-state index in [1.807, 2.05) is 0 Å². The maximum absolute atomic E-state index is 12.4. The Morgan fingerprint density at radius 3 is 2.52 bits per heavy atom. The summed E-state index contributed by atoms with van der Waals surface area (Å²) in [6, 6.07) is 4.13. The van der Waals surface area contributed by atoms with Crippen molar-refractivity contribution in [1.82, 2.24) is 0 Å². The molecule has 1 N–H and O–H groups in total. The molecule has 1 saturated carbocycles. The Bertz CT molecular complexity index is 628. The van der Waals surface area contributed by atoms with Gasteiger partial charge in [-0.2, -0.15) is 0 Å². The minimum atomic E-state index is -0.346. The van der Waals surface area contributed by atoms with E-state index in [2.05, 4.69) is 6.58 Å². The molecule has 0 saturated heterocycles. The molecule has 1 fully saturated rings. The van der Waals surface area contributed by atoms with E-state index in [0.717, 1.165) is 0 Å². The van der Waals surface area contributed by atoms with Gasteiger partial charge < -0.3 is 5.11 Å². The van der Waals surface area contributed by atoms with Crippen molar-refractivity contribution in [3.8, 4) is 5.75 Å². The van der Waals surface area contributed by atoms with Crippen LogP contribution < -0.4 is 0 Å². The van der Waals surface area contributed by atoms with Crippen molar-refractivity contribution in [2.24, 2.45) is 5.92 Å². The number of carbonyl (C=O) groups is 3. The lowest BCUT2D eigenvalue weighted by atomic mass is 9.82. The molecule has 4 nitrogen and oxygen atoms in total. The molecule has 1 atom stereocenters. The number of benzene rings is 1. The molecule has 0 heterocycles. The van der Waals surface area contributed by atoms with Gasteiger partial charge in [-0.15, -0.1) is 0 Å². The van der Waals surface area contributed by atoms with Crippen LogP contribution in [0.25, 0.3) is 0 Å². The number of phenolic OH excluding ortho intramolecular Hbond substituents is 1. The molecule has 4 heteroatoms. The fourth-order valence-electron chi connectivity index (χ4n) is 2.61. The summed E-state index contributed by atoms with van der Waals surface area (Å²) >= 11 is 0. The van der Waals surface area contributed by atoms with E-state index >= 15 is 0 Å². The third kappa shape index (κ3) is 3.45. The summed E-state index contributed by atoms with van der Waals surface area (Å²) in [7, 11) is 0. The number of ketones is 3. The van der Waals surface area contributed by atoms with Crippen molar-refractivity contribution in [2.45, 2.75) is 32.6 Å². The van der Waals surface area contributed by atoms with Crippen LogP contribution in [0.3, 0.4) is 0 Å². The van der Waals surface area contributed by atoms with Crippen molar-refractivity contribution in [3.63, 3.8) is 0 Å². The third-order valence-electron chi connectivity index (χ3n) is 3.71. The first-order chi connectivity index (χ1) is 9.88. The molecular formula is C17H18O4. The molecule has 0 radical (unpaired) electrons. The van der Waals surface area contributed by atoms with Crippen molar-refractivity contribution in [3.05, 3.63) is 41.5 Å². The van der Waals surface area contributed by atoms with E-state index in [4.69, 9.17) is 0 Å². The Balaban J connectivity index is 2.31. The minimum Gasteiger partial charge on any atom is -0.508 e. The molecule has 21 heavy (non-hydrogen) atoms. The van der Waals surface area contributed by atoms with Gasteiger partial charge in [-0.1, -0.05) is 6.58 Å². The quantitative estimate of drug-likeness (QED) is 0.682. The number of hydrogen-bond acceptors (Lipinski definition) is 4. The molecule has 0 amide bonds. The number of aromatic hydroxyl groups is 1. The highest BCUT2D eigenvalue weighted by Gasteiger charge is 2.27. The van der Waals surface area contributed by atoms with Crippen molar-refractivity contribution in [1.29, 1.82) is 0 Å². The molecule has 1 aliphatic carbocycles. The summed E-state index contributed by atoms with van der Waals surface area (Å²) in [4.78, 5) is 35.8. The lowest BCUT2D eigenvalue weighted by Crippen LogP contribution is -2.23.